The molecule has 2 aromatic rings. The quantitative estimate of drug-likeness (QED) is 0.763. The molecule has 1 atom stereocenters. The number of carbonyl (C=O) groups is 2. The van der Waals surface area contributed by atoms with Gasteiger partial charge in [0.1, 0.15) is 5.76 Å². The van der Waals surface area contributed by atoms with Gasteiger partial charge in [0.2, 0.25) is 0 Å². The summed E-state index contributed by atoms with van der Waals surface area (Å²) in [5.74, 6) is -0.581. The van der Waals surface area contributed by atoms with Crippen LogP contribution in [0, 0.1) is 0 Å². The van der Waals surface area contributed by atoms with Crippen LogP contribution in [0.25, 0.3) is 11.3 Å². The Morgan fingerprint density at radius 2 is 1.79 bits per heavy atom. The van der Waals surface area contributed by atoms with Gasteiger partial charge in [-0.2, -0.15) is 0 Å². The number of nitrogens with one attached hydrogen (secondary N) is 1. The lowest BCUT2D eigenvalue weighted by Crippen LogP contribution is -2.49. The predicted molar refractivity (Wildman–Crippen MR) is 90.6 cm³/mol. The van der Waals surface area contributed by atoms with Crippen LogP contribution in [0.2, 0.25) is 0 Å². The number of benzene rings is 1. The first-order valence-corrected chi connectivity index (χ1v) is 7.73. The minimum absolute atomic E-state index is 0.131. The zero-order valence-electron chi connectivity index (χ0n) is 14.2. The van der Waals surface area contributed by atoms with Crippen molar-refractivity contribution in [3.63, 3.8) is 0 Å². The number of carboxylic acid groups (broad SMARTS) is 1. The summed E-state index contributed by atoms with van der Waals surface area (Å²) < 4.78 is 6.15. The molecule has 2 N–H and O–H groups in total. The Hall–Kier alpha value is -2.60. The van der Waals surface area contributed by atoms with E-state index in [0.29, 0.717) is 16.8 Å². The van der Waals surface area contributed by atoms with Gasteiger partial charge in [0.25, 0.3) is 5.91 Å². The van der Waals surface area contributed by atoms with E-state index in [1.807, 2.05) is 51.5 Å². The average Bonchev–Trinajstić information content (AvgIpc) is 2.95. The first-order valence-electron chi connectivity index (χ1n) is 7.73. The largest absolute Gasteiger partial charge is 0.481 e. The Kier molecular flexibility index (Phi) is 5.41. The van der Waals surface area contributed by atoms with Crippen LogP contribution in [0.1, 0.15) is 17.0 Å². The molecule has 1 amide bonds. The molecule has 0 fully saturated rings. The number of carbonyl (C=O) groups excluding carboxylic acids is 1. The second-order valence-electron chi connectivity index (χ2n) is 6.77. The van der Waals surface area contributed by atoms with Gasteiger partial charge in [0.05, 0.1) is 40.2 Å². The second kappa shape index (κ2) is 7.31. The summed E-state index contributed by atoms with van der Waals surface area (Å²) in [5, 5.41) is 11.8. The fourth-order valence-electron chi connectivity index (χ4n) is 2.51. The van der Waals surface area contributed by atoms with E-state index in [4.69, 9.17) is 9.52 Å². The van der Waals surface area contributed by atoms with Crippen molar-refractivity contribution in [2.75, 3.05) is 27.7 Å². The maximum absolute atomic E-state index is 12.4. The van der Waals surface area contributed by atoms with Crippen LogP contribution in [0.5, 0.6) is 0 Å². The Balaban J connectivity index is 2.09. The van der Waals surface area contributed by atoms with Gasteiger partial charge in [-0.15, -0.1) is 0 Å². The maximum Gasteiger partial charge on any atom is 0.305 e. The lowest BCUT2D eigenvalue weighted by molar-refractivity contribution is -0.871. The van der Waals surface area contributed by atoms with Crippen LogP contribution >= 0.6 is 0 Å². The number of amides is 1. The minimum atomic E-state index is -0.946. The Morgan fingerprint density at radius 1 is 1.12 bits per heavy atom. The van der Waals surface area contributed by atoms with Crippen LogP contribution < -0.4 is 5.32 Å². The summed E-state index contributed by atoms with van der Waals surface area (Å²) in [5.41, 5.74) is 0.880. The summed E-state index contributed by atoms with van der Waals surface area (Å²) >= 11 is 0. The molecule has 1 aromatic heterocycles. The normalized spacial score (nSPS) is 12.6. The van der Waals surface area contributed by atoms with E-state index in [2.05, 4.69) is 5.32 Å². The molecule has 0 bridgehead atoms. The van der Waals surface area contributed by atoms with Crippen LogP contribution in [0.4, 0.5) is 0 Å². The highest BCUT2D eigenvalue weighted by atomic mass is 16.4. The fourth-order valence-corrected chi connectivity index (χ4v) is 2.51. The first kappa shape index (κ1) is 17.7. The van der Waals surface area contributed by atoms with Gasteiger partial charge in [0.15, 0.2) is 5.76 Å². The van der Waals surface area contributed by atoms with E-state index < -0.39 is 17.9 Å². The van der Waals surface area contributed by atoms with Gasteiger partial charge >= 0.3 is 5.97 Å². The van der Waals surface area contributed by atoms with Gasteiger partial charge in [-0.25, -0.2) is 0 Å². The monoisotopic (exact) mass is 331 g/mol. The molecule has 6 heteroatoms. The van der Waals surface area contributed by atoms with Gasteiger partial charge in [-0.1, -0.05) is 30.3 Å². The number of furan rings is 1. The number of likely N-dealkylation sites (N-methyl/N-ethyl adjacent to an activating group) is 1. The third-order valence-corrected chi connectivity index (χ3v) is 3.41. The van der Waals surface area contributed by atoms with E-state index in [-0.39, 0.29) is 12.2 Å². The standard InChI is InChI=1S/C18H22N2O4/c1-20(2,3)12-14(11-17(21)22)19-18(23)16-10-9-15(24-16)13-7-5-4-6-8-13/h4-10,14H,11-12H2,1-3H3,(H-,19,21,22,23)/p+1/t14-/m1/s1. The zero-order chi connectivity index (χ0) is 17.7. The van der Waals surface area contributed by atoms with E-state index in [0.717, 1.165) is 5.56 Å². The molecule has 0 aliphatic heterocycles. The van der Waals surface area contributed by atoms with Crippen LogP contribution in [-0.2, 0) is 4.79 Å². The van der Waals surface area contributed by atoms with E-state index in [9.17, 15) is 9.59 Å². The van der Waals surface area contributed by atoms with Gasteiger partial charge < -0.3 is 19.3 Å². The Bertz CT molecular complexity index is 701. The molecule has 0 aliphatic rings. The predicted octanol–water partition coefficient (Wildman–Crippen LogP) is 2.23. The first-order chi connectivity index (χ1) is 11.2. The topological polar surface area (TPSA) is 79.5 Å². The highest BCUT2D eigenvalue weighted by molar-refractivity contribution is 5.92. The summed E-state index contributed by atoms with van der Waals surface area (Å²) in [6, 6.07) is 12.3. The lowest BCUT2D eigenvalue weighted by atomic mass is 10.1. The molecule has 0 radical (unpaired) electrons. The minimum Gasteiger partial charge on any atom is -0.481 e. The molecule has 0 aliphatic carbocycles. The van der Waals surface area contributed by atoms with Crippen molar-refractivity contribution in [3.8, 4) is 11.3 Å². The van der Waals surface area contributed by atoms with Gasteiger partial charge in [-0.05, 0) is 12.1 Å². The van der Waals surface area contributed by atoms with E-state index in [1.165, 1.54) is 0 Å². The number of carboxylic acids is 1. The van der Waals surface area contributed by atoms with Gasteiger partial charge in [0, 0.05) is 5.56 Å². The highest BCUT2D eigenvalue weighted by Gasteiger charge is 2.24. The van der Waals surface area contributed by atoms with Crippen molar-refractivity contribution in [2.45, 2.75) is 12.5 Å². The molecule has 2 rings (SSSR count). The molecule has 0 unspecified atom stereocenters. The molecular formula is C18H23N2O4+. The zero-order valence-corrected chi connectivity index (χ0v) is 14.2. The van der Waals surface area contributed by atoms with Crippen molar-refractivity contribution in [1.29, 1.82) is 0 Å². The molecule has 0 spiro atoms. The van der Waals surface area contributed by atoms with Crippen LogP contribution in [-0.4, -0.2) is 55.2 Å². The maximum atomic E-state index is 12.4. The third kappa shape index (κ3) is 5.24. The smallest absolute Gasteiger partial charge is 0.305 e. The number of quaternary nitrogens is 1. The Morgan fingerprint density at radius 3 is 2.38 bits per heavy atom. The number of nitrogens with zero attached hydrogens (tertiary/aromatic N) is 1. The van der Waals surface area contributed by atoms with Crippen molar-refractivity contribution in [3.05, 3.63) is 48.2 Å². The summed E-state index contributed by atoms with van der Waals surface area (Å²) in [4.78, 5) is 23.4. The third-order valence-electron chi connectivity index (χ3n) is 3.41. The molecule has 128 valence electrons. The van der Waals surface area contributed by atoms with Crippen LogP contribution in [0.15, 0.2) is 46.9 Å². The molecule has 0 saturated carbocycles. The molecule has 1 aromatic carbocycles. The van der Waals surface area contributed by atoms with Crippen LogP contribution in [0.3, 0.4) is 0 Å². The van der Waals surface area contributed by atoms with Crippen molar-refractivity contribution in [2.24, 2.45) is 0 Å². The van der Waals surface area contributed by atoms with E-state index in [1.54, 1.807) is 12.1 Å². The molecule has 24 heavy (non-hydrogen) atoms. The average molecular weight is 331 g/mol. The van der Waals surface area contributed by atoms with Crippen molar-refractivity contribution >= 4 is 11.9 Å². The molecule has 1 heterocycles. The molecule has 6 nitrogen and oxygen atoms in total. The summed E-state index contributed by atoms with van der Waals surface area (Å²) in [7, 11) is 5.84. The SMILES string of the molecule is C[N+](C)(C)C[C@@H](CC(=O)O)NC(=O)c1ccc(-c2ccccc2)o1. The summed E-state index contributed by atoms with van der Waals surface area (Å²) in [6.07, 6.45) is -0.131. The number of rotatable bonds is 7. The second-order valence-corrected chi connectivity index (χ2v) is 6.77. The molecular weight excluding hydrogens is 308 g/mol. The van der Waals surface area contributed by atoms with Crippen molar-refractivity contribution < 1.29 is 23.6 Å². The number of hydrogen-bond acceptors (Lipinski definition) is 3. The van der Waals surface area contributed by atoms with Crippen molar-refractivity contribution in [1.82, 2.24) is 5.32 Å². The molecule has 0 saturated heterocycles. The lowest BCUT2D eigenvalue weighted by Gasteiger charge is -2.28. The number of aliphatic carboxylic acids is 1. The fraction of sp³-hybridized carbons (Fsp3) is 0.333. The highest BCUT2D eigenvalue weighted by Crippen LogP contribution is 2.21. The number of hydrogen-bond donors (Lipinski definition) is 2. The summed E-state index contributed by atoms with van der Waals surface area (Å²) in [6.45, 7) is 0.504. The van der Waals surface area contributed by atoms with Gasteiger partial charge in [-0.3, -0.25) is 9.59 Å². The Labute approximate surface area is 141 Å². The van der Waals surface area contributed by atoms with E-state index >= 15 is 0 Å².